The molecule has 3 nitrogen and oxygen atoms in total. The third-order valence-electron chi connectivity index (χ3n) is 3.48. The second-order valence-electron chi connectivity index (χ2n) is 5.73. The van der Waals surface area contributed by atoms with Gasteiger partial charge < -0.3 is 10.2 Å². The van der Waals surface area contributed by atoms with Gasteiger partial charge in [-0.25, -0.2) is 0 Å². The Kier molecular flexibility index (Phi) is 3.89. The molecule has 1 aromatic rings. The molecule has 0 fully saturated rings. The predicted molar refractivity (Wildman–Crippen MR) is 72.2 cm³/mol. The number of benzene rings is 1. The van der Waals surface area contributed by atoms with Crippen molar-refractivity contribution in [2.45, 2.75) is 38.1 Å². The van der Waals surface area contributed by atoms with Gasteiger partial charge in [-0.15, -0.1) is 11.8 Å². The summed E-state index contributed by atoms with van der Waals surface area (Å²) in [5.74, 6) is -0.230. The van der Waals surface area contributed by atoms with Gasteiger partial charge in [-0.3, -0.25) is 4.79 Å². The molecule has 1 aliphatic heterocycles. The van der Waals surface area contributed by atoms with Gasteiger partial charge in [0.2, 0.25) is 0 Å². The van der Waals surface area contributed by atoms with E-state index in [1.807, 2.05) is 0 Å². The maximum atomic E-state index is 13.4. The average Bonchev–Trinajstić information content (AvgIpc) is 2.32. The smallest absolute Gasteiger partial charge is 0.364 e. The van der Waals surface area contributed by atoms with Crippen molar-refractivity contribution in [3.63, 3.8) is 0 Å². The number of fused-ring (bicyclic) bond motifs is 1. The van der Waals surface area contributed by atoms with Crippen LogP contribution in [0.25, 0.3) is 0 Å². The van der Waals surface area contributed by atoms with Gasteiger partial charge >= 0.3 is 6.18 Å². The molecule has 0 unspecified atom stereocenters. The lowest BCUT2D eigenvalue weighted by molar-refractivity contribution is -0.143. The van der Waals surface area contributed by atoms with Gasteiger partial charge in [0.15, 0.2) is 12.1 Å². The molecule has 1 aromatic carbocycles. The monoisotopic (exact) mass is 320 g/mol. The molecule has 0 radical (unpaired) electrons. The Morgan fingerprint density at radius 3 is 2.38 bits per heavy atom. The molecule has 0 atom stereocenters. The van der Waals surface area contributed by atoms with Gasteiger partial charge in [-0.1, -0.05) is 13.8 Å². The summed E-state index contributed by atoms with van der Waals surface area (Å²) in [5, 5.41) is 18.5. The second kappa shape index (κ2) is 5.00. The van der Waals surface area contributed by atoms with E-state index in [0.717, 1.165) is 6.07 Å². The number of aliphatic hydroxyl groups excluding tert-OH is 1. The number of aryl methyl sites for hydroxylation is 1. The maximum absolute atomic E-state index is 13.4. The lowest BCUT2D eigenvalue weighted by Gasteiger charge is -2.33. The Bertz CT molecular complexity index is 606. The maximum Gasteiger partial charge on any atom is 0.417 e. The first-order chi connectivity index (χ1) is 9.47. The summed E-state index contributed by atoms with van der Waals surface area (Å²) in [5.41, 5.74) is -2.83. The Labute approximate surface area is 124 Å². The SMILES string of the molecule is Cc1cc(C(O)O)c(C(F)(F)F)c2c1SCC(C)(C)C2=O. The molecule has 21 heavy (non-hydrogen) atoms. The van der Waals surface area contributed by atoms with Gasteiger partial charge in [-0.2, -0.15) is 13.2 Å². The van der Waals surface area contributed by atoms with E-state index in [-0.39, 0.29) is 4.90 Å². The molecule has 0 aromatic heterocycles. The lowest BCUT2D eigenvalue weighted by atomic mass is 9.81. The first-order valence-corrected chi connectivity index (χ1v) is 7.24. The minimum atomic E-state index is -4.83. The summed E-state index contributed by atoms with van der Waals surface area (Å²) in [7, 11) is 0. The summed E-state index contributed by atoms with van der Waals surface area (Å²) in [6.07, 6.45) is -7.12. The lowest BCUT2D eigenvalue weighted by Crippen LogP contribution is -2.34. The second-order valence-corrected chi connectivity index (χ2v) is 6.72. The standard InChI is InChI=1S/C14H15F3O3S/c1-6-4-7(12(19)20)9(14(15,16)17)8-10(6)21-5-13(2,3)11(8)18/h4,12,19-20H,5H2,1-3H3. The number of rotatable bonds is 1. The Balaban J connectivity index is 2.88. The molecule has 0 saturated carbocycles. The minimum Gasteiger partial charge on any atom is -0.364 e. The Hall–Kier alpha value is -1.05. The van der Waals surface area contributed by atoms with E-state index in [1.165, 1.54) is 11.8 Å². The van der Waals surface area contributed by atoms with Gasteiger partial charge in [0.1, 0.15) is 0 Å². The van der Waals surface area contributed by atoms with Crippen molar-refractivity contribution in [3.05, 3.63) is 28.3 Å². The van der Waals surface area contributed by atoms with Crippen molar-refractivity contribution in [1.29, 1.82) is 0 Å². The molecule has 1 aliphatic rings. The van der Waals surface area contributed by atoms with Crippen molar-refractivity contribution in [1.82, 2.24) is 0 Å². The molecular formula is C14H15F3O3S. The molecule has 2 rings (SSSR count). The quantitative estimate of drug-likeness (QED) is 0.780. The highest BCUT2D eigenvalue weighted by molar-refractivity contribution is 7.99. The van der Waals surface area contributed by atoms with Crippen LogP contribution >= 0.6 is 11.8 Å². The molecule has 0 saturated heterocycles. The molecule has 116 valence electrons. The number of carbonyl (C=O) groups is 1. The van der Waals surface area contributed by atoms with Crippen LogP contribution in [0.4, 0.5) is 13.2 Å². The number of hydrogen-bond donors (Lipinski definition) is 2. The largest absolute Gasteiger partial charge is 0.417 e. The van der Waals surface area contributed by atoms with Crippen molar-refractivity contribution in [2.75, 3.05) is 5.75 Å². The molecule has 1 heterocycles. The number of alkyl halides is 3. The molecule has 2 N–H and O–H groups in total. The molecule has 7 heteroatoms. The summed E-state index contributed by atoms with van der Waals surface area (Å²) >= 11 is 1.19. The van der Waals surface area contributed by atoms with E-state index in [2.05, 4.69) is 0 Å². The topological polar surface area (TPSA) is 57.5 Å². The van der Waals surface area contributed by atoms with E-state index < -0.39 is 40.4 Å². The van der Waals surface area contributed by atoms with Crippen LogP contribution in [-0.4, -0.2) is 21.7 Å². The van der Waals surface area contributed by atoms with Crippen molar-refractivity contribution in [2.24, 2.45) is 5.41 Å². The Morgan fingerprint density at radius 1 is 1.33 bits per heavy atom. The molecule has 0 aliphatic carbocycles. The minimum absolute atomic E-state index is 0.274. The fraction of sp³-hybridized carbons (Fsp3) is 0.500. The number of ketones is 1. The van der Waals surface area contributed by atoms with E-state index in [4.69, 9.17) is 0 Å². The number of halogens is 3. The summed E-state index contributed by atoms with van der Waals surface area (Å²) in [6.45, 7) is 4.73. The first kappa shape index (κ1) is 16.3. The predicted octanol–water partition coefficient (Wildman–Crippen LogP) is 3.31. The van der Waals surface area contributed by atoms with E-state index >= 15 is 0 Å². The molecular weight excluding hydrogens is 305 g/mol. The van der Waals surface area contributed by atoms with Gasteiger partial charge in [0, 0.05) is 27.2 Å². The van der Waals surface area contributed by atoms with Crippen molar-refractivity contribution >= 4 is 17.5 Å². The van der Waals surface area contributed by atoms with E-state index in [9.17, 15) is 28.2 Å². The third-order valence-corrected chi connectivity index (χ3v) is 5.16. The molecule has 0 amide bonds. The zero-order valence-corrected chi connectivity index (χ0v) is 12.5. The van der Waals surface area contributed by atoms with Crippen LogP contribution in [0.15, 0.2) is 11.0 Å². The number of Topliss-reactive ketones (excluding diaryl/α,β-unsaturated/α-hetero) is 1. The van der Waals surface area contributed by atoms with Gasteiger partial charge in [-0.05, 0) is 18.6 Å². The van der Waals surface area contributed by atoms with Crippen LogP contribution in [0, 0.1) is 12.3 Å². The van der Waals surface area contributed by atoms with Crippen LogP contribution in [0.2, 0.25) is 0 Å². The number of aliphatic hydroxyl groups is 2. The number of hydrogen-bond acceptors (Lipinski definition) is 4. The van der Waals surface area contributed by atoms with Crippen LogP contribution in [0.1, 0.15) is 47.2 Å². The van der Waals surface area contributed by atoms with E-state index in [1.54, 1.807) is 20.8 Å². The highest BCUT2D eigenvalue weighted by atomic mass is 32.2. The summed E-state index contributed by atoms with van der Waals surface area (Å²) in [6, 6.07) is 1.09. The van der Waals surface area contributed by atoms with Crippen LogP contribution in [0.3, 0.4) is 0 Å². The normalized spacial score (nSPS) is 18.0. The Morgan fingerprint density at radius 2 is 1.90 bits per heavy atom. The highest BCUT2D eigenvalue weighted by Crippen LogP contribution is 2.48. The summed E-state index contributed by atoms with van der Waals surface area (Å²) in [4.78, 5) is 12.7. The van der Waals surface area contributed by atoms with Gasteiger partial charge in [0.05, 0.1) is 5.56 Å². The van der Waals surface area contributed by atoms with Crippen LogP contribution < -0.4 is 0 Å². The third kappa shape index (κ3) is 2.69. The van der Waals surface area contributed by atoms with Crippen molar-refractivity contribution < 1.29 is 28.2 Å². The van der Waals surface area contributed by atoms with Crippen molar-refractivity contribution in [3.8, 4) is 0 Å². The highest BCUT2D eigenvalue weighted by Gasteiger charge is 2.46. The first-order valence-electron chi connectivity index (χ1n) is 6.25. The number of thioether (sulfide) groups is 1. The fourth-order valence-corrected chi connectivity index (χ4v) is 3.66. The average molecular weight is 320 g/mol. The summed E-state index contributed by atoms with van der Waals surface area (Å²) < 4.78 is 40.1. The molecule has 0 spiro atoms. The zero-order chi connectivity index (χ0) is 16.2. The van der Waals surface area contributed by atoms with Gasteiger partial charge in [0.25, 0.3) is 0 Å². The molecule has 0 bridgehead atoms. The van der Waals surface area contributed by atoms with E-state index in [0.29, 0.717) is 11.3 Å². The fourth-order valence-electron chi connectivity index (χ4n) is 2.39. The number of carbonyl (C=O) groups excluding carboxylic acids is 1. The zero-order valence-electron chi connectivity index (χ0n) is 11.7. The van der Waals surface area contributed by atoms with Crippen LogP contribution in [-0.2, 0) is 6.18 Å². The van der Waals surface area contributed by atoms with Crippen LogP contribution in [0.5, 0.6) is 0 Å².